The molecule has 0 radical (unpaired) electrons. The molecule has 1 saturated carbocycles. The second-order valence-corrected chi connectivity index (χ2v) is 9.05. The van der Waals surface area contributed by atoms with Crippen molar-refractivity contribution in [2.45, 2.75) is 63.6 Å². The number of nitrogens with zero attached hydrogens (tertiary/aromatic N) is 1. The van der Waals surface area contributed by atoms with Crippen LogP contribution >= 0.6 is 15.9 Å². The maximum Gasteiger partial charge on any atom is 0.413 e. The SMILES string of the molecule is CCOC(=O)C1=C[C@H](c2ccc(Br)cc2)[C@H]2CCCC[C@@]2(N2C(=O)OC[C@H]2CC)O1. The summed E-state index contributed by atoms with van der Waals surface area (Å²) in [7, 11) is 0. The van der Waals surface area contributed by atoms with E-state index in [0.29, 0.717) is 13.0 Å². The largest absolute Gasteiger partial charge is 0.460 e. The van der Waals surface area contributed by atoms with Crippen molar-refractivity contribution in [1.82, 2.24) is 4.90 Å². The van der Waals surface area contributed by atoms with Gasteiger partial charge in [-0.15, -0.1) is 0 Å². The lowest BCUT2D eigenvalue weighted by molar-refractivity contribution is -0.192. The van der Waals surface area contributed by atoms with Crippen molar-refractivity contribution < 1.29 is 23.8 Å². The van der Waals surface area contributed by atoms with Gasteiger partial charge >= 0.3 is 12.1 Å². The van der Waals surface area contributed by atoms with E-state index in [1.165, 1.54) is 0 Å². The molecule has 0 bridgehead atoms. The fourth-order valence-electron chi connectivity index (χ4n) is 5.14. The molecule has 2 heterocycles. The number of fused-ring (bicyclic) bond motifs is 1. The Bertz CT molecular complexity index is 839. The van der Waals surface area contributed by atoms with E-state index in [1.807, 2.05) is 25.1 Å². The molecular weight excluding hydrogens is 450 g/mol. The van der Waals surface area contributed by atoms with Crippen molar-refractivity contribution in [3.05, 3.63) is 46.1 Å². The Morgan fingerprint density at radius 1 is 1.27 bits per heavy atom. The summed E-state index contributed by atoms with van der Waals surface area (Å²) < 4.78 is 18.2. The zero-order valence-corrected chi connectivity index (χ0v) is 19.0. The molecule has 30 heavy (non-hydrogen) atoms. The van der Waals surface area contributed by atoms with Gasteiger partial charge in [0.15, 0.2) is 5.72 Å². The van der Waals surface area contributed by atoms with Crippen LogP contribution in [-0.2, 0) is 19.0 Å². The minimum absolute atomic E-state index is 0.0327. The first kappa shape index (κ1) is 21.2. The summed E-state index contributed by atoms with van der Waals surface area (Å²) in [6.07, 6.45) is 5.88. The molecule has 7 heteroatoms. The molecule has 4 atom stereocenters. The molecule has 3 aliphatic rings. The number of halogens is 1. The predicted octanol–water partition coefficient (Wildman–Crippen LogP) is 5.13. The van der Waals surface area contributed by atoms with E-state index in [1.54, 1.807) is 11.8 Å². The Morgan fingerprint density at radius 2 is 2.03 bits per heavy atom. The van der Waals surface area contributed by atoms with E-state index in [2.05, 4.69) is 28.1 Å². The first-order chi connectivity index (χ1) is 14.5. The first-order valence-corrected chi connectivity index (χ1v) is 11.6. The maximum absolute atomic E-state index is 12.9. The summed E-state index contributed by atoms with van der Waals surface area (Å²) in [5.41, 5.74) is 0.196. The monoisotopic (exact) mass is 477 g/mol. The van der Waals surface area contributed by atoms with Gasteiger partial charge in [0, 0.05) is 22.7 Å². The smallest absolute Gasteiger partial charge is 0.413 e. The van der Waals surface area contributed by atoms with Crippen molar-refractivity contribution in [2.75, 3.05) is 13.2 Å². The summed E-state index contributed by atoms with van der Waals surface area (Å²) in [6.45, 7) is 4.44. The third-order valence-corrected chi connectivity index (χ3v) is 7.03. The van der Waals surface area contributed by atoms with Gasteiger partial charge in [0.25, 0.3) is 0 Å². The van der Waals surface area contributed by atoms with Crippen LogP contribution in [0.15, 0.2) is 40.6 Å². The van der Waals surface area contributed by atoms with Gasteiger partial charge in [0.05, 0.1) is 12.6 Å². The van der Waals surface area contributed by atoms with Crippen LogP contribution in [0.25, 0.3) is 0 Å². The highest BCUT2D eigenvalue weighted by atomic mass is 79.9. The number of hydrogen-bond donors (Lipinski definition) is 0. The van der Waals surface area contributed by atoms with Gasteiger partial charge in [-0.25, -0.2) is 9.59 Å². The Balaban J connectivity index is 1.83. The lowest BCUT2D eigenvalue weighted by atomic mass is 9.68. The third kappa shape index (κ3) is 3.61. The number of allylic oxidation sites excluding steroid dienone is 1. The van der Waals surface area contributed by atoms with Crippen molar-refractivity contribution in [3.8, 4) is 0 Å². The van der Waals surface area contributed by atoms with E-state index in [4.69, 9.17) is 14.2 Å². The number of cyclic esters (lactones) is 1. The molecule has 162 valence electrons. The lowest BCUT2D eigenvalue weighted by Crippen LogP contribution is -2.62. The highest BCUT2D eigenvalue weighted by Gasteiger charge is 2.59. The number of carbonyl (C=O) groups excluding carboxylic acids is 2. The minimum atomic E-state index is -0.902. The maximum atomic E-state index is 12.9. The molecule has 4 rings (SSSR count). The number of rotatable bonds is 5. The Hall–Kier alpha value is -2.02. The zero-order valence-electron chi connectivity index (χ0n) is 17.4. The van der Waals surface area contributed by atoms with Crippen LogP contribution in [0.5, 0.6) is 0 Å². The van der Waals surface area contributed by atoms with Crippen LogP contribution < -0.4 is 0 Å². The van der Waals surface area contributed by atoms with Crippen LogP contribution in [0.4, 0.5) is 4.79 Å². The molecule has 1 aromatic carbocycles. The summed E-state index contributed by atoms with van der Waals surface area (Å²) >= 11 is 3.50. The second-order valence-electron chi connectivity index (χ2n) is 8.14. The average Bonchev–Trinajstić information content (AvgIpc) is 3.14. The third-order valence-electron chi connectivity index (χ3n) is 6.50. The summed E-state index contributed by atoms with van der Waals surface area (Å²) in [4.78, 5) is 27.4. The number of esters is 1. The summed E-state index contributed by atoms with van der Waals surface area (Å²) in [5.74, 6) is -0.316. The number of hydrogen-bond acceptors (Lipinski definition) is 5. The van der Waals surface area contributed by atoms with Crippen LogP contribution in [0.2, 0.25) is 0 Å². The number of benzene rings is 1. The number of ether oxygens (including phenoxy) is 3. The Kier molecular flexibility index (Phi) is 6.09. The van der Waals surface area contributed by atoms with Crippen LogP contribution in [0, 0.1) is 5.92 Å². The van der Waals surface area contributed by atoms with Crippen molar-refractivity contribution in [3.63, 3.8) is 0 Å². The van der Waals surface area contributed by atoms with Gasteiger partial charge in [-0.2, -0.15) is 0 Å². The van der Waals surface area contributed by atoms with Gasteiger partial charge in [0.1, 0.15) is 6.61 Å². The zero-order chi connectivity index (χ0) is 21.3. The highest BCUT2D eigenvalue weighted by molar-refractivity contribution is 9.10. The van der Waals surface area contributed by atoms with E-state index in [-0.39, 0.29) is 36.3 Å². The molecular formula is C23H28BrNO5. The second kappa shape index (κ2) is 8.61. The Morgan fingerprint density at radius 3 is 2.73 bits per heavy atom. The van der Waals surface area contributed by atoms with E-state index in [0.717, 1.165) is 35.7 Å². The van der Waals surface area contributed by atoms with Gasteiger partial charge < -0.3 is 14.2 Å². The quantitative estimate of drug-likeness (QED) is 0.550. The van der Waals surface area contributed by atoms with Crippen LogP contribution in [-0.4, -0.2) is 41.9 Å². The van der Waals surface area contributed by atoms with Crippen molar-refractivity contribution in [1.29, 1.82) is 0 Å². The first-order valence-electron chi connectivity index (χ1n) is 10.8. The molecule has 1 aliphatic carbocycles. The molecule has 6 nitrogen and oxygen atoms in total. The lowest BCUT2D eigenvalue weighted by Gasteiger charge is -2.54. The highest BCUT2D eigenvalue weighted by Crippen LogP contribution is 2.53. The summed E-state index contributed by atoms with van der Waals surface area (Å²) in [5, 5.41) is 0. The molecule has 1 saturated heterocycles. The van der Waals surface area contributed by atoms with Crippen LogP contribution in [0.3, 0.4) is 0 Å². The van der Waals surface area contributed by atoms with E-state index >= 15 is 0 Å². The van der Waals surface area contributed by atoms with Gasteiger partial charge in [0.2, 0.25) is 5.76 Å². The number of carbonyl (C=O) groups is 2. The molecule has 2 aliphatic heterocycles. The van der Waals surface area contributed by atoms with Crippen molar-refractivity contribution in [2.24, 2.45) is 5.92 Å². The predicted molar refractivity (Wildman–Crippen MR) is 115 cm³/mol. The fraction of sp³-hybridized carbons (Fsp3) is 0.565. The standard InChI is InChI=1S/C23H28BrNO5/c1-3-17-14-29-22(27)25(17)23-12-6-5-7-19(23)18(15-8-10-16(24)11-9-15)13-20(30-23)21(26)28-4-2/h8-11,13,17-19H,3-7,12,14H2,1-2H3/t17-,18-,19-,23-/m1/s1. The number of amides is 1. The molecule has 1 amide bonds. The van der Waals surface area contributed by atoms with Crippen molar-refractivity contribution >= 4 is 28.0 Å². The minimum Gasteiger partial charge on any atom is -0.460 e. The van der Waals surface area contributed by atoms with E-state index < -0.39 is 11.7 Å². The van der Waals surface area contributed by atoms with Gasteiger partial charge in [-0.1, -0.05) is 41.4 Å². The van der Waals surface area contributed by atoms with E-state index in [9.17, 15) is 9.59 Å². The summed E-state index contributed by atoms with van der Waals surface area (Å²) in [6, 6.07) is 8.08. The normalized spacial score (nSPS) is 30.8. The molecule has 1 aromatic rings. The molecule has 2 fully saturated rings. The topological polar surface area (TPSA) is 65.1 Å². The molecule has 0 unspecified atom stereocenters. The molecule has 0 N–H and O–H groups in total. The Labute approximate surface area is 185 Å². The molecule has 0 aromatic heterocycles. The van der Waals surface area contributed by atoms with Gasteiger partial charge in [-0.3, -0.25) is 4.90 Å². The average molecular weight is 478 g/mol. The molecule has 0 spiro atoms. The fourth-order valence-corrected chi connectivity index (χ4v) is 5.41. The van der Waals surface area contributed by atoms with Crippen LogP contribution in [0.1, 0.15) is 57.4 Å². The van der Waals surface area contributed by atoms with Gasteiger partial charge in [-0.05, 0) is 50.0 Å².